The second-order valence-electron chi connectivity index (χ2n) is 5.26. The molecule has 0 aromatic heterocycles. The molecular weight excluding hydrogens is 324 g/mol. The number of ether oxygens (including phenoxy) is 3. The third-order valence-electron chi connectivity index (χ3n) is 3.34. The van der Waals surface area contributed by atoms with Gasteiger partial charge in [-0.2, -0.15) is 0 Å². The van der Waals surface area contributed by atoms with Gasteiger partial charge >= 0.3 is 6.09 Å². The number of nitrogens with one attached hydrogen (secondary N) is 2. The lowest BCUT2D eigenvalue weighted by Crippen LogP contribution is -2.32. The number of hydrogen-bond acceptors (Lipinski definition) is 5. The van der Waals surface area contributed by atoms with Gasteiger partial charge < -0.3 is 24.8 Å². The number of alkyl carbamates (subject to hydrolysis) is 1. The van der Waals surface area contributed by atoms with E-state index >= 15 is 0 Å². The van der Waals surface area contributed by atoms with E-state index in [1.54, 1.807) is 6.92 Å². The Morgan fingerprint density at radius 1 is 1.04 bits per heavy atom. The van der Waals surface area contributed by atoms with E-state index < -0.39 is 6.09 Å². The maximum Gasteiger partial charge on any atom is 0.407 e. The van der Waals surface area contributed by atoms with E-state index in [0.29, 0.717) is 31.3 Å². The first-order chi connectivity index (χ1) is 12.0. The van der Waals surface area contributed by atoms with Crippen molar-refractivity contribution in [2.45, 2.75) is 40.2 Å². The number of benzene rings is 1. The van der Waals surface area contributed by atoms with Gasteiger partial charge in [0.25, 0.3) is 0 Å². The highest BCUT2D eigenvalue weighted by atomic mass is 16.5. The Hall–Kier alpha value is -2.44. The lowest BCUT2D eigenvalue weighted by Gasteiger charge is -2.17. The highest BCUT2D eigenvalue weighted by Crippen LogP contribution is 2.30. The Morgan fingerprint density at radius 2 is 1.72 bits per heavy atom. The van der Waals surface area contributed by atoms with Gasteiger partial charge in [0, 0.05) is 13.0 Å². The normalized spacial score (nSPS) is 11.4. The van der Waals surface area contributed by atoms with Gasteiger partial charge in [0.1, 0.15) is 0 Å². The molecule has 7 heteroatoms. The van der Waals surface area contributed by atoms with E-state index in [1.165, 1.54) is 0 Å². The van der Waals surface area contributed by atoms with Crippen LogP contribution in [0.5, 0.6) is 11.5 Å². The summed E-state index contributed by atoms with van der Waals surface area (Å²) in [6.45, 7) is 9.05. The Morgan fingerprint density at radius 3 is 2.36 bits per heavy atom. The topological polar surface area (TPSA) is 85.9 Å². The van der Waals surface area contributed by atoms with Crippen LogP contribution in [0.3, 0.4) is 0 Å². The molecule has 1 aromatic carbocycles. The van der Waals surface area contributed by atoms with Crippen LogP contribution in [-0.4, -0.2) is 38.4 Å². The monoisotopic (exact) mass is 352 g/mol. The minimum atomic E-state index is -0.517. The van der Waals surface area contributed by atoms with Crippen LogP contribution in [-0.2, 0) is 9.53 Å². The zero-order chi connectivity index (χ0) is 18.7. The smallest absolute Gasteiger partial charge is 0.407 e. The summed E-state index contributed by atoms with van der Waals surface area (Å²) in [5.41, 5.74) is 0.915. The van der Waals surface area contributed by atoms with Crippen LogP contribution in [0.1, 0.15) is 45.7 Å². The first kappa shape index (κ1) is 20.6. The summed E-state index contributed by atoms with van der Waals surface area (Å²) in [4.78, 5) is 23.1. The molecule has 1 unspecified atom stereocenters. The molecule has 7 nitrogen and oxygen atoms in total. The summed E-state index contributed by atoms with van der Waals surface area (Å²) in [7, 11) is 0. The van der Waals surface area contributed by atoms with Crippen LogP contribution in [0, 0.1) is 0 Å². The molecule has 1 aromatic rings. The van der Waals surface area contributed by atoms with Crippen molar-refractivity contribution < 1.29 is 23.8 Å². The molecule has 0 spiro atoms. The number of carbonyl (C=O) groups excluding carboxylic acids is 2. The van der Waals surface area contributed by atoms with Crippen LogP contribution in [0.15, 0.2) is 18.2 Å². The lowest BCUT2D eigenvalue weighted by molar-refractivity contribution is -0.121. The molecule has 0 aliphatic rings. The molecule has 2 N–H and O–H groups in total. The first-order valence-corrected chi connectivity index (χ1v) is 8.61. The van der Waals surface area contributed by atoms with Gasteiger partial charge in [-0.05, 0) is 45.4 Å². The first-order valence-electron chi connectivity index (χ1n) is 8.61. The van der Waals surface area contributed by atoms with Crippen molar-refractivity contribution in [1.82, 2.24) is 10.6 Å². The highest BCUT2D eigenvalue weighted by molar-refractivity contribution is 5.77. The van der Waals surface area contributed by atoms with Crippen molar-refractivity contribution in [2.75, 3.05) is 26.4 Å². The molecule has 0 saturated carbocycles. The summed E-state index contributed by atoms with van der Waals surface area (Å²) in [6, 6.07) is 5.42. The minimum absolute atomic E-state index is 0.156. The van der Waals surface area contributed by atoms with Crippen LogP contribution < -0.4 is 20.1 Å². The second kappa shape index (κ2) is 11.2. The minimum Gasteiger partial charge on any atom is -0.490 e. The predicted molar refractivity (Wildman–Crippen MR) is 95.0 cm³/mol. The molecule has 25 heavy (non-hydrogen) atoms. The standard InChI is InChI=1S/C18H28N2O5/c1-5-23-15-9-8-14(12-16(15)24-6-2)13(4)20-17(21)10-11-19-18(22)25-7-3/h8-9,12-13H,5-7,10-11H2,1-4H3,(H,19,22)(H,20,21). The van der Waals surface area contributed by atoms with Gasteiger partial charge in [-0.1, -0.05) is 6.07 Å². The Balaban J connectivity index is 2.58. The van der Waals surface area contributed by atoms with E-state index in [-0.39, 0.29) is 24.9 Å². The average Bonchev–Trinajstić information content (AvgIpc) is 2.57. The maximum absolute atomic E-state index is 12.0. The molecule has 2 amide bonds. The third-order valence-corrected chi connectivity index (χ3v) is 3.34. The van der Waals surface area contributed by atoms with Gasteiger partial charge in [-0.3, -0.25) is 4.79 Å². The number of amides is 2. The molecule has 0 heterocycles. The zero-order valence-electron chi connectivity index (χ0n) is 15.4. The van der Waals surface area contributed by atoms with Crippen molar-refractivity contribution in [3.05, 3.63) is 23.8 Å². The zero-order valence-corrected chi connectivity index (χ0v) is 15.4. The Labute approximate surface area is 149 Å². The molecule has 0 bridgehead atoms. The van der Waals surface area contributed by atoms with Gasteiger partial charge in [-0.25, -0.2) is 4.79 Å². The van der Waals surface area contributed by atoms with E-state index in [1.807, 2.05) is 39.0 Å². The van der Waals surface area contributed by atoms with Crippen LogP contribution in [0.25, 0.3) is 0 Å². The molecule has 0 saturated heterocycles. The Bertz CT molecular complexity index is 562. The molecule has 0 radical (unpaired) electrons. The fraction of sp³-hybridized carbons (Fsp3) is 0.556. The molecule has 1 rings (SSSR count). The summed E-state index contributed by atoms with van der Waals surface area (Å²) >= 11 is 0. The van der Waals surface area contributed by atoms with E-state index in [4.69, 9.17) is 14.2 Å². The fourth-order valence-electron chi connectivity index (χ4n) is 2.19. The average molecular weight is 352 g/mol. The van der Waals surface area contributed by atoms with E-state index in [9.17, 15) is 9.59 Å². The number of hydrogen-bond donors (Lipinski definition) is 2. The summed E-state index contributed by atoms with van der Waals surface area (Å²) in [6.07, 6.45) is -0.338. The molecule has 1 atom stereocenters. The molecular formula is C18H28N2O5. The highest BCUT2D eigenvalue weighted by Gasteiger charge is 2.13. The number of carbonyl (C=O) groups is 2. The SMILES string of the molecule is CCOC(=O)NCCC(=O)NC(C)c1ccc(OCC)c(OCC)c1. The van der Waals surface area contributed by atoms with E-state index in [0.717, 1.165) is 5.56 Å². The van der Waals surface area contributed by atoms with Crippen molar-refractivity contribution in [1.29, 1.82) is 0 Å². The summed E-state index contributed by atoms with van der Waals surface area (Å²) in [5, 5.41) is 5.41. The van der Waals surface area contributed by atoms with Crippen LogP contribution in [0.4, 0.5) is 4.79 Å². The Kier molecular flexibility index (Phi) is 9.21. The van der Waals surface area contributed by atoms with Crippen molar-refractivity contribution >= 4 is 12.0 Å². The summed E-state index contributed by atoms with van der Waals surface area (Å²) < 4.78 is 15.9. The lowest BCUT2D eigenvalue weighted by atomic mass is 10.1. The fourth-order valence-corrected chi connectivity index (χ4v) is 2.19. The van der Waals surface area contributed by atoms with Crippen LogP contribution >= 0.6 is 0 Å². The van der Waals surface area contributed by atoms with Crippen LogP contribution in [0.2, 0.25) is 0 Å². The number of rotatable bonds is 10. The van der Waals surface area contributed by atoms with E-state index in [2.05, 4.69) is 10.6 Å². The predicted octanol–water partition coefficient (Wildman–Crippen LogP) is 2.80. The summed E-state index contributed by atoms with van der Waals surface area (Å²) in [5.74, 6) is 1.19. The third kappa shape index (κ3) is 7.32. The van der Waals surface area contributed by atoms with Gasteiger partial charge in [0.2, 0.25) is 5.91 Å². The van der Waals surface area contributed by atoms with Crippen molar-refractivity contribution in [2.24, 2.45) is 0 Å². The quantitative estimate of drug-likeness (QED) is 0.676. The molecule has 0 fully saturated rings. The molecule has 140 valence electrons. The van der Waals surface area contributed by atoms with Crippen molar-refractivity contribution in [3.8, 4) is 11.5 Å². The largest absolute Gasteiger partial charge is 0.490 e. The molecule has 0 aliphatic heterocycles. The van der Waals surface area contributed by atoms with Gasteiger partial charge in [-0.15, -0.1) is 0 Å². The van der Waals surface area contributed by atoms with Crippen molar-refractivity contribution in [3.63, 3.8) is 0 Å². The van der Waals surface area contributed by atoms with Gasteiger partial charge in [0.05, 0.1) is 25.9 Å². The van der Waals surface area contributed by atoms with Gasteiger partial charge in [0.15, 0.2) is 11.5 Å². The maximum atomic E-state index is 12.0. The second-order valence-corrected chi connectivity index (χ2v) is 5.26. The molecule has 0 aliphatic carbocycles.